The normalized spacial score (nSPS) is 12.9. The third-order valence-electron chi connectivity index (χ3n) is 7.74. The van der Waals surface area contributed by atoms with Gasteiger partial charge in [-0.3, -0.25) is 19.6 Å². The first-order valence-electron chi connectivity index (χ1n) is 15.4. The van der Waals surface area contributed by atoms with E-state index in [1.165, 1.54) is 11.1 Å². The van der Waals surface area contributed by atoms with Gasteiger partial charge in [-0.2, -0.15) is 0 Å². The minimum Gasteiger partial charge on any atom is -0.444 e. The molecule has 2 heterocycles. The average molecular weight is 615 g/mol. The van der Waals surface area contributed by atoms with Crippen molar-refractivity contribution in [2.24, 2.45) is 0 Å². The number of carbonyl (C=O) groups excluding carboxylic acids is 3. The van der Waals surface area contributed by atoms with Gasteiger partial charge in [-0.15, -0.1) is 0 Å². The number of nitrogens with one attached hydrogen (secondary N) is 1. The first kappa shape index (κ1) is 33.5. The van der Waals surface area contributed by atoms with Crippen LogP contribution in [0.1, 0.15) is 51.3 Å². The van der Waals surface area contributed by atoms with Crippen molar-refractivity contribution < 1.29 is 19.1 Å². The van der Waals surface area contributed by atoms with E-state index in [2.05, 4.69) is 22.4 Å². The highest BCUT2D eigenvalue weighted by Gasteiger charge is 2.28. The van der Waals surface area contributed by atoms with Crippen molar-refractivity contribution in [2.75, 3.05) is 38.1 Å². The number of rotatable bonds is 11. The van der Waals surface area contributed by atoms with Gasteiger partial charge >= 0.3 is 6.09 Å². The zero-order valence-corrected chi connectivity index (χ0v) is 27.5. The van der Waals surface area contributed by atoms with E-state index in [9.17, 15) is 14.4 Å². The molecule has 0 bridgehead atoms. The third kappa shape index (κ3) is 9.04. The van der Waals surface area contributed by atoms with Crippen LogP contribution in [0.5, 0.6) is 0 Å². The Kier molecular flexibility index (Phi) is 10.8. The zero-order valence-electron chi connectivity index (χ0n) is 27.5. The Morgan fingerprint density at radius 3 is 2.27 bits per heavy atom. The lowest BCUT2D eigenvalue weighted by Gasteiger charge is -2.32. The van der Waals surface area contributed by atoms with Crippen LogP contribution in [0, 0.1) is 6.92 Å². The molecular weight excluding hydrogens is 568 g/mol. The molecule has 0 saturated heterocycles. The number of fused-ring (bicyclic) bond motifs is 1. The molecule has 0 spiro atoms. The van der Waals surface area contributed by atoms with Gasteiger partial charge in [0.15, 0.2) is 0 Å². The van der Waals surface area contributed by atoms with Gasteiger partial charge in [-0.05, 0) is 75.9 Å². The summed E-state index contributed by atoms with van der Waals surface area (Å²) in [5.74, 6) is -0.379. The summed E-state index contributed by atoms with van der Waals surface area (Å²) in [6.45, 7) is 13.1. The fourth-order valence-electron chi connectivity index (χ4n) is 5.27. The number of pyridine rings is 1. The van der Waals surface area contributed by atoms with E-state index in [4.69, 9.17) is 4.74 Å². The number of amides is 3. The highest BCUT2D eigenvalue weighted by Crippen LogP contribution is 2.28. The molecule has 10 nitrogen and oxygen atoms in total. The molecule has 240 valence electrons. The summed E-state index contributed by atoms with van der Waals surface area (Å²) in [5.41, 5.74) is 5.40. The van der Waals surface area contributed by atoms with Crippen LogP contribution in [-0.2, 0) is 27.4 Å². The largest absolute Gasteiger partial charge is 0.444 e. The molecule has 1 aliphatic heterocycles. The SMILES string of the molecule is Cc1ccc(-c2cccnc2)cc1N(CC(=O)NCCN(C(=O)OC(C)(C)C)C(C)C)CC(=O)N(C)N1Cc2ccccc2C1. The highest BCUT2D eigenvalue weighted by molar-refractivity contribution is 5.87. The number of benzene rings is 2. The zero-order chi connectivity index (χ0) is 32.7. The lowest BCUT2D eigenvalue weighted by Crippen LogP contribution is -2.49. The van der Waals surface area contributed by atoms with Crippen LogP contribution in [0.2, 0.25) is 0 Å². The van der Waals surface area contributed by atoms with Crippen molar-refractivity contribution in [1.82, 2.24) is 25.2 Å². The topological polar surface area (TPSA) is 98.3 Å². The summed E-state index contributed by atoms with van der Waals surface area (Å²) in [6.07, 6.45) is 3.10. The summed E-state index contributed by atoms with van der Waals surface area (Å²) in [5, 5.41) is 6.62. The monoisotopic (exact) mass is 614 g/mol. The van der Waals surface area contributed by atoms with E-state index in [1.807, 2.05) is 93.9 Å². The molecule has 2 aromatic carbocycles. The average Bonchev–Trinajstić information content (AvgIpc) is 3.42. The standard InChI is InChI=1S/C35H46N6O4/c1-25(2)41(34(44)45-35(4,5)6)18-17-37-32(42)23-39(31-19-27(15-14-26(31)3)28-13-10-16-36-20-28)24-33(43)38(7)40-21-29-11-8-9-12-30(29)22-40/h8-16,19-20,25H,17-18,21-24H2,1-7H3,(H,37,42). The summed E-state index contributed by atoms with van der Waals surface area (Å²) in [6, 6.07) is 18.0. The molecule has 0 radical (unpaired) electrons. The van der Waals surface area contributed by atoms with Gasteiger partial charge in [0.25, 0.3) is 5.91 Å². The number of likely N-dealkylation sites (N-methyl/N-ethyl adjacent to an activating group) is 1. The Hall–Kier alpha value is -4.44. The summed E-state index contributed by atoms with van der Waals surface area (Å²) < 4.78 is 5.55. The number of aryl methyl sites for hydroxylation is 1. The Morgan fingerprint density at radius 1 is 0.978 bits per heavy atom. The number of aromatic nitrogens is 1. The molecule has 1 aromatic heterocycles. The number of ether oxygens (including phenoxy) is 1. The maximum absolute atomic E-state index is 13.7. The van der Waals surface area contributed by atoms with Crippen LogP contribution in [0.25, 0.3) is 11.1 Å². The maximum atomic E-state index is 13.7. The van der Waals surface area contributed by atoms with Crippen molar-refractivity contribution in [3.05, 3.63) is 83.7 Å². The molecule has 3 aromatic rings. The third-order valence-corrected chi connectivity index (χ3v) is 7.74. The molecule has 4 rings (SSSR count). The van der Waals surface area contributed by atoms with Gasteiger partial charge in [-0.25, -0.2) is 9.80 Å². The number of carbonyl (C=O) groups is 3. The molecule has 0 unspecified atom stereocenters. The number of anilines is 1. The number of nitrogens with zero attached hydrogens (tertiary/aromatic N) is 5. The fraction of sp³-hybridized carbons (Fsp3) is 0.429. The number of hydrogen-bond donors (Lipinski definition) is 1. The fourth-order valence-corrected chi connectivity index (χ4v) is 5.27. The Labute approximate surface area is 266 Å². The predicted octanol–water partition coefficient (Wildman–Crippen LogP) is 5.01. The van der Waals surface area contributed by atoms with Crippen molar-refractivity contribution >= 4 is 23.6 Å². The first-order valence-corrected chi connectivity index (χ1v) is 15.4. The van der Waals surface area contributed by atoms with Gasteiger partial charge < -0.3 is 19.9 Å². The summed E-state index contributed by atoms with van der Waals surface area (Å²) in [7, 11) is 1.78. The molecule has 3 amide bonds. The van der Waals surface area contributed by atoms with Crippen LogP contribution in [-0.4, -0.2) is 82.7 Å². The molecule has 0 aliphatic carbocycles. The minimum atomic E-state index is -0.617. The quantitative estimate of drug-likeness (QED) is 0.324. The Bertz CT molecular complexity index is 1460. The molecule has 45 heavy (non-hydrogen) atoms. The smallest absolute Gasteiger partial charge is 0.410 e. The van der Waals surface area contributed by atoms with Crippen molar-refractivity contribution in [2.45, 2.75) is 66.3 Å². The highest BCUT2D eigenvalue weighted by atomic mass is 16.6. The summed E-state index contributed by atoms with van der Waals surface area (Å²) in [4.78, 5) is 47.5. The molecule has 1 N–H and O–H groups in total. The van der Waals surface area contributed by atoms with E-state index in [0.29, 0.717) is 19.6 Å². The maximum Gasteiger partial charge on any atom is 0.410 e. The number of hydrogen-bond acceptors (Lipinski definition) is 7. The second-order valence-electron chi connectivity index (χ2n) is 12.7. The van der Waals surface area contributed by atoms with Crippen molar-refractivity contribution in [1.29, 1.82) is 0 Å². The van der Waals surface area contributed by atoms with Gasteiger partial charge in [0.2, 0.25) is 5.91 Å². The van der Waals surface area contributed by atoms with E-state index in [0.717, 1.165) is 22.4 Å². The van der Waals surface area contributed by atoms with Crippen LogP contribution in [0.4, 0.5) is 10.5 Å². The van der Waals surface area contributed by atoms with Crippen LogP contribution in [0.15, 0.2) is 67.0 Å². The Morgan fingerprint density at radius 2 is 1.67 bits per heavy atom. The molecule has 10 heteroatoms. The second-order valence-corrected chi connectivity index (χ2v) is 12.7. The lowest BCUT2D eigenvalue weighted by atomic mass is 10.0. The second kappa shape index (κ2) is 14.6. The van der Waals surface area contributed by atoms with E-state index >= 15 is 0 Å². The van der Waals surface area contributed by atoms with Crippen LogP contribution < -0.4 is 10.2 Å². The molecule has 0 atom stereocenters. The van der Waals surface area contributed by atoms with E-state index in [-0.39, 0.29) is 37.5 Å². The minimum absolute atomic E-state index is 0.00409. The first-order chi connectivity index (χ1) is 21.3. The van der Waals surface area contributed by atoms with Crippen molar-refractivity contribution in [3.63, 3.8) is 0 Å². The lowest BCUT2D eigenvalue weighted by molar-refractivity contribution is -0.145. The molecule has 0 fully saturated rings. The Balaban J connectivity index is 1.50. The summed E-state index contributed by atoms with van der Waals surface area (Å²) >= 11 is 0. The molecular formula is C35H46N6O4. The van der Waals surface area contributed by atoms with Gasteiger partial charge in [0.1, 0.15) is 5.60 Å². The molecule has 0 saturated carbocycles. The van der Waals surface area contributed by atoms with Crippen molar-refractivity contribution in [3.8, 4) is 11.1 Å². The van der Waals surface area contributed by atoms with Gasteiger partial charge in [0, 0.05) is 62.9 Å². The predicted molar refractivity (Wildman–Crippen MR) is 176 cm³/mol. The number of hydrazine groups is 1. The van der Waals surface area contributed by atoms with Gasteiger partial charge in [0.05, 0.1) is 13.1 Å². The molecule has 1 aliphatic rings. The van der Waals surface area contributed by atoms with E-state index in [1.54, 1.807) is 29.4 Å². The van der Waals surface area contributed by atoms with E-state index < -0.39 is 11.7 Å². The van der Waals surface area contributed by atoms with Crippen LogP contribution in [0.3, 0.4) is 0 Å². The van der Waals surface area contributed by atoms with Crippen LogP contribution >= 0.6 is 0 Å². The van der Waals surface area contributed by atoms with Gasteiger partial charge in [-0.1, -0.05) is 42.5 Å².